The number of rotatable bonds is 6. The summed E-state index contributed by atoms with van der Waals surface area (Å²) in [6.45, 7) is 6.36. The van der Waals surface area contributed by atoms with Gasteiger partial charge in [-0.2, -0.15) is 0 Å². The highest BCUT2D eigenvalue weighted by atomic mass is 16.2. The van der Waals surface area contributed by atoms with Crippen molar-refractivity contribution in [3.63, 3.8) is 0 Å². The first-order valence-electron chi connectivity index (χ1n) is 7.79. The first-order valence-corrected chi connectivity index (χ1v) is 7.79. The highest BCUT2D eigenvalue weighted by molar-refractivity contribution is 6.06. The monoisotopic (exact) mass is 288 g/mol. The van der Waals surface area contributed by atoms with Crippen molar-refractivity contribution in [2.75, 3.05) is 11.4 Å². The molecule has 0 spiro atoms. The molecular formula is C17H24N2O2. The second-order valence-corrected chi connectivity index (χ2v) is 5.62. The van der Waals surface area contributed by atoms with E-state index in [1.165, 1.54) is 12.5 Å². The van der Waals surface area contributed by atoms with Crippen LogP contribution in [-0.4, -0.2) is 18.4 Å². The number of carbonyl (C=O) groups excluding carboxylic acids is 2. The van der Waals surface area contributed by atoms with Gasteiger partial charge < -0.3 is 10.2 Å². The van der Waals surface area contributed by atoms with Gasteiger partial charge in [-0.25, -0.2) is 0 Å². The third-order valence-corrected chi connectivity index (χ3v) is 3.82. The zero-order chi connectivity index (χ0) is 15.4. The number of amides is 2. The summed E-state index contributed by atoms with van der Waals surface area (Å²) in [4.78, 5) is 25.7. The van der Waals surface area contributed by atoms with E-state index in [9.17, 15) is 9.59 Å². The molecule has 1 unspecified atom stereocenters. The Kier molecular flexibility index (Phi) is 4.99. The maximum atomic E-state index is 12.5. The van der Waals surface area contributed by atoms with Crippen molar-refractivity contribution in [3.05, 3.63) is 29.3 Å². The highest BCUT2D eigenvalue weighted by Crippen LogP contribution is 2.36. The van der Waals surface area contributed by atoms with Gasteiger partial charge in [-0.05, 0) is 30.9 Å². The summed E-state index contributed by atoms with van der Waals surface area (Å²) in [6.07, 6.45) is 4.19. The van der Waals surface area contributed by atoms with E-state index >= 15 is 0 Å². The van der Waals surface area contributed by atoms with Crippen molar-refractivity contribution in [2.24, 2.45) is 0 Å². The van der Waals surface area contributed by atoms with Gasteiger partial charge in [-0.1, -0.05) is 32.4 Å². The maximum Gasteiger partial charge on any atom is 0.254 e. The zero-order valence-electron chi connectivity index (χ0n) is 13.1. The molecule has 0 radical (unpaired) electrons. The van der Waals surface area contributed by atoms with Gasteiger partial charge in [0.1, 0.15) is 6.04 Å². The van der Waals surface area contributed by atoms with E-state index in [0.29, 0.717) is 6.54 Å². The van der Waals surface area contributed by atoms with E-state index in [0.717, 1.165) is 36.9 Å². The molecule has 1 aliphatic heterocycles. The van der Waals surface area contributed by atoms with Crippen molar-refractivity contribution in [3.8, 4) is 0 Å². The summed E-state index contributed by atoms with van der Waals surface area (Å²) in [7, 11) is 0. The molecule has 114 valence electrons. The van der Waals surface area contributed by atoms with Gasteiger partial charge in [0.2, 0.25) is 5.91 Å². The highest BCUT2D eigenvalue weighted by Gasteiger charge is 2.37. The molecule has 2 amide bonds. The minimum absolute atomic E-state index is 0.0188. The molecule has 0 bridgehead atoms. The molecule has 4 nitrogen and oxygen atoms in total. The van der Waals surface area contributed by atoms with Crippen LogP contribution in [-0.2, 0) is 16.0 Å². The lowest BCUT2D eigenvalue weighted by atomic mass is 10.0. The largest absolute Gasteiger partial charge is 0.341 e. The van der Waals surface area contributed by atoms with Crippen LogP contribution < -0.4 is 10.2 Å². The molecule has 21 heavy (non-hydrogen) atoms. The molecular weight excluding hydrogens is 264 g/mol. The smallest absolute Gasteiger partial charge is 0.254 e. The summed E-state index contributed by atoms with van der Waals surface area (Å²) in [5.74, 6) is -0.189. The molecule has 1 atom stereocenters. The van der Waals surface area contributed by atoms with Gasteiger partial charge in [-0.15, -0.1) is 0 Å². The molecule has 0 saturated carbocycles. The number of anilines is 1. The third-order valence-electron chi connectivity index (χ3n) is 3.82. The topological polar surface area (TPSA) is 49.4 Å². The molecule has 0 aromatic heterocycles. The summed E-state index contributed by atoms with van der Waals surface area (Å²) < 4.78 is 0. The van der Waals surface area contributed by atoms with Crippen LogP contribution in [0.15, 0.2) is 18.2 Å². The summed E-state index contributed by atoms with van der Waals surface area (Å²) in [6, 6.07) is 5.68. The second kappa shape index (κ2) is 6.74. The van der Waals surface area contributed by atoms with Gasteiger partial charge in [0.05, 0.1) is 0 Å². The van der Waals surface area contributed by atoms with Gasteiger partial charge in [0.25, 0.3) is 5.91 Å². The fourth-order valence-electron chi connectivity index (χ4n) is 2.82. The lowest BCUT2D eigenvalue weighted by Crippen LogP contribution is -2.36. The third kappa shape index (κ3) is 3.26. The van der Waals surface area contributed by atoms with Crippen molar-refractivity contribution in [1.29, 1.82) is 0 Å². The minimum Gasteiger partial charge on any atom is -0.341 e. The Morgan fingerprint density at radius 1 is 1.29 bits per heavy atom. The van der Waals surface area contributed by atoms with E-state index in [4.69, 9.17) is 0 Å². The number of aryl methyl sites for hydroxylation is 1. The number of hydrogen-bond donors (Lipinski definition) is 1. The summed E-state index contributed by atoms with van der Waals surface area (Å²) in [5.41, 5.74) is 3.12. The quantitative estimate of drug-likeness (QED) is 0.875. The van der Waals surface area contributed by atoms with Gasteiger partial charge in [0, 0.05) is 24.7 Å². The lowest BCUT2D eigenvalue weighted by Gasteiger charge is -2.16. The summed E-state index contributed by atoms with van der Waals surface area (Å²) in [5, 5.41) is 2.79. The number of nitrogens with one attached hydrogen (secondary N) is 1. The number of benzene rings is 1. The Labute approximate surface area is 126 Å². The summed E-state index contributed by atoms with van der Waals surface area (Å²) >= 11 is 0. The van der Waals surface area contributed by atoms with Crippen molar-refractivity contribution in [1.82, 2.24) is 5.32 Å². The lowest BCUT2D eigenvalue weighted by molar-refractivity contribution is -0.126. The van der Waals surface area contributed by atoms with E-state index < -0.39 is 6.04 Å². The SMILES string of the molecule is CCCCc1ccc2c(c1)C(NC(C)=O)C(=O)N2CCC. The zero-order valence-corrected chi connectivity index (χ0v) is 13.1. The normalized spacial score (nSPS) is 17.0. The Morgan fingerprint density at radius 3 is 2.67 bits per heavy atom. The molecule has 4 heteroatoms. The van der Waals surface area contributed by atoms with Crippen molar-refractivity contribution < 1.29 is 9.59 Å². The molecule has 2 rings (SSSR count). The van der Waals surface area contributed by atoms with Crippen LogP contribution in [0.1, 0.15) is 57.2 Å². The first-order chi connectivity index (χ1) is 10.1. The predicted octanol–water partition coefficient (Wildman–Crippen LogP) is 2.96. The molecule has 0 aliphatic carbocycles. The van der Waals surface area contributed by atoms with E-state index in [1.54, 1.807) is 4.90 Å². The number of carbonyl (C=O) groups is 2. The molecule has 0 saturated heterocycles. The second-order valence-electron chi connectivity index (χ2n) is 5.62. The van der Waals surface area contributed by atoms with E-state index in [2.05, 4.69) is 24.4 Å². The van der Waals surface area contributed by atoms with E-state index in [-0.39, 0.29) is 11.8 Å². The van der Waals surface area contributed by atoms with Crippen molar-refractivity contribution >= 4 is 17.5 Å². The molecule has 1 aromatic rings. The fraction of sp³-hybridized carbons (Fsp3) is 0.529. The molecule has 1 aliphatic rings. The Bertz CT molecular complexity index is 540. The van der Waals surface area contributed by atoms with Gasteiger partial charge in [0.15, 0.2) is 0 Å². The molecule has 1 heterocycles. The fourth-order valence-corrected chi connectivity index (χ4v) is 2.82. The van der Waals surface area contributed by atoms with Crippen LogP contribution in [0.25, 0.3) is 0 Å². The maximum absolute atomic E-state index is 12.5. The van der Waals surface area contributed by atoms with Crippen LogP contribution in [0.2, 0.25) is 0 Å². The molecule has 1 aromatic carbocycles. The van der Waals surface area contributed by atoms with Crippen LogP contribution >= 0.6 is 0 Å². The Morgan fingerprint density at radius 2 is 2.05 bits per heavy atom. The predicted molar refractivity (Wildman–Crippen MR) is 84.3 cm³/mol. The standard InChI is InChI=1S/C17H24N2O2/c1-4-6-7-13-8-9-15-14(11-13)16(18-12(3)20)17(21)19(15)10-5-2/h8-9,11,16H,4-7,10H2,1-3H3,(H,18,20). The van der Waals surface area contributed by atoms with Gasteiger partial charge >= 0.3 is 0 Å². The van der Waals surface area contributed by atoms with Crippen LogP contribution in [0, 0.1) is 0 Å². The minimum atomic E-state index is -0.523. The van der Waals surface area contributed by atoms with E-state index in [1.807, 2.05) is 13.0 Å². The average Bonchev–Trinajstić information content (AvgIpc) is 2.70. The van der Waals surface area contributed by atoms with Gasteiger partial charge in [-0.3, -0.25) is 9.59 Å². The number of nitrogens with zero attached hydrogens (tertiary/aromatic N) is 1. The molecule has 0 fully saturated rings. The Balaban J connectivity index is 2.35. The van der Waals surface area contributed by atoms with Crippen LogP contribution in [0.5, 0.6) is 0 Å². The number of fused-ring (bicyclic) bond motifs is 1. The molecule has 1 N–H and O–H groups in total. The number of unbranched alkanes of at least 4 members (excludes halogenated alkanes) is 1. The average molecular weight is 288 g/mol. The first kappa shape index (κ1) is 15.5. The van der Waals surface area contributed by atoms with Crippen LogP contribution in [0.3, 0.4) is 0 Å². The van der Waals surface area contributed by atoms with Crippen LogP contribution in [0.4, 0.5) is 5.69 Å². The Hall–Kier alpha value is -1.84. The van der Waals surface area contributed by atoms with Crippen molar-refractivity contribution in [2.45, 2.75) is 52.5 Å². The number of hydrogen-bond acceptors (Lipinski definition) is 2.